The Morgan fingerprint density at radius 3 is 2.57 bits per heavy atom. The van der Waals surface area contributed by atoms with E-state index in [1.165, 1.54) is 6.21 Å². The number of fused-ring (bicyclic) bond motifs is 1. The maximum absolute atomic E-state index is 13.1. The fourth-order valence-electron chi connectivity index (χ4n) is 2.17. The number of nitrogens with zero attached hydrogens (tertiary/aromatic N) is 2. The van der Waals surface area contributed by atoms with E-state index in [4.69, 9.17) is 11.6 Å². The lowest BCUT2D eigenvalue weighted by atomic mass is 10.1. The van der Waals surface area contributed by atoms with Gasteiger partial charge in [-0.25, -0.2) is 13.8 Å². The number of pyridine rings is 1. The first kappa shape index (κ1) is 15.4. The maximum atomic E-state index is 13.1. The summed E-state index contributed by atoms with van der Waals surface area (Å²) in [5, 5.41) is 5.19. The fourth-order valence-corrected chi connectivity index (χ4v) is 2.37. The minimum atomic E-state index is -0.677. The minimum Gasteiger partial charge on any atom is -0.278 e. The molecule has 0 fully saturated rings. The molecule has 0 saturated heterocycles. The van der Waals surface area contributed by atoms with Crippen LogP contribution in [0.25, 0.3) is 10.9 Å². The first-order valence-corrected chi connectivity index (χ1v) is 7.21. The van der Waals surface area contributed by atoms with Gasteiger partial charge in [0, 0.05) is 17.0 Å². The lowest BCUT2D eigenvalue weighted by molar-refractivity contribution is 0.584. The molecule has 6 heteroatoms. The van der Waals surface area contributed by atoms with Gasteiger partial charge in [-0.2, -0.15) is 5.10 Å². The van der Waals surface area contributed by atoms with E-state index in [1.807, 2.05) is 31.2 Å². The van der Waals surface area contributed by atoms with Crippen molar-refractivity contribution in [3.05, 3.63) is 70.4 Å². The molecule has 3 nitrogen and oxygen atoms in total. The molecule has 0 atom stereocenters. The highest BCUT2D eigenvalue weighted by atomic mass is 35.5. The molecule has 0 amide bonds. The molecule has 0 spiro atoms. The number of hydrogen-bond acceptors (Lipinski definition) is 3. The van der Waals surface area contributed by atoms with Crippen LogP contribution in [-0.4, -0.2) is 11.2 Å². The molecule has 3 rings (SSSR count). The Balaban J connectivity index is 1.86. The second-order valence-corrected chi connectivity index (χ2v) is 5.45. The van der Waals surface area contributed by atoms with Crippen LogP contribution in [0.15, 0.2) is 47.6 Å². The molecule has 116 valence electrons. The molecular weight excluding hydrogens is 320 g/mol. The minimum absolute atomic E-state index is 0.208. The third-order valence-electron chi connectivity index (χ3n) is 3.21. The Bertz CT molecular complexity index is 889. The molecule has 0 saturated carbocycles. The highest BCUT2D eigenvalue weighted by Crippen LogP contribution is 2.20. The first-order valence-electron chi connectivity index (χ1n) is 6.83. The van der Waals surface area contributed by atoms with E-state index in [-0.39, 0.29) is 5.69 Å². The van der Waals surface area contributed by atoms with Crippen LogP contribution in [0, 0.1) is 18.6 Å². The van der Waals surface area contributed by atoms with Crippen LogP contribution in [-0.2, 0) is 0 Å². The van der Waals surface area contributed by atoms with E-state index in [1.54, 1.807) is 0 Å². The summed E-state index contributed by atoms with van der Waals surface area (Å²) in [7, 11) is 0. The predicted molar refractivity (Wildman–Crippen MR) is 89.1 cm³/mol. The van der Waals surface area contributed by atoms with Crippen molar-refractivity contribution < 1.29 is 8.78 Å². The van der Waals surface area contributed by atoms with Gasteiger partial charge in [0.25, 0.3) is 0 Å². The van der Waals surface area contributed by atoms with Crippen LogP contribution >= 0.6 is 11.6 Å². The van der Waals surface area contributed by atoms with E-state index in [9.17, 15) is 8.78 Å². The van der Waals surface area contributed by atoms with Gasteiger partial charge in [0.1, 0.15) is 16.8 Å². The van der Waals surface area contributed by atoms with E-state index in [2.05, 4.69) is 15.5 Å². The third-order valence-corrected chi connectivity index (χ3v) is 3.51. The van der Waals surface area contributed by atoms with Gasteiger partial charge in [-0.15, -0.1) is 0 Å². The van der Waals surface area contributed by atoms with Crippen molar-refractivity contribution in [1.29, 1.82) is 0 Å². The Kier molecular flexibility index (Phi) is 4.21. The van der Waals surface area contributed by atoms with Gasteiger partial charge in [-0.3, -0.25) is 5.43 Å². The zero-order chi connectivity index (χ0) is 16.4. The van der Waals surface area contributed by atoms with Crippen LogP contribution < -0.4 is 5.43 Å². The summed E-state index contributed by atoms with van der Waals surface area (Å²) in [6, 6.07) is 10.8. The molecule has 0 radical (unpaired) electrons. The largest absolute Gasteiger partial charge is 0.278 e. The normalized spacial score (nSPS) is 11.3. The molecule has 1 heterocycles. The molecular formula is C17H12ClF2N3. The third kappa shape index (κ3) is 3.63. The monoisotopic (exact) mass is 331 g/mol. The van der Waals surface area contributed by atoms with Crippen molar-refractivity contribution in [2.24, 2.45) is 5.10 Å². The highest BCUT2D eigenvalue weighted by Gasteiger charge is 2.04. The van der Waals surface area contributed by atoms with Crippen LogP contribution in [0.1, 0.15) is 11.1 Å². The van der Waals surface area contributed by atoms with Crippen LogP contribution in [0.5, 0.6) is 0 Å². The summed E-state index contributed by atoms with van der Waals surface area (Å²) in [6.45, 7) is 1.99. The van der Waals surface area contributed by atoms with E-state index in [0.717, 1.165) is 34.7 Å². The number of anilines is 1. The Hall–Kier alpha value is -2.53. The van der Waals surface area contributed by atoms with Crippen molar-refractivity contribution in [3.8, 4) is 0 Å². The molecule has 0 aliphatic heterocycles. The van der Waals surface area contributed by atoms with E-state index in [0.29, 0.717) is 10.7 Å². The average Bonchev–Trinajstić information content (AvgIpc) is 2.47. The lowest BCUT2D eigenvalue weighted by Crippen LogP contribution is -1.94. The average molecular weight is 332 g/mol. The smallest absolute Gasteiger partial charge is 0.138 e. The summed E-state index contributed by atoms with van der Waals surface area (Å²) in [5.74, 6) is -1.35. The zero-order valence-corrected chi connectivity index (χ0v) is 12.9. The number of benzene rings is 2. The van der Waals surface area contributed by atoms with Gasteiger partial charge >= 0.3 is 0 Å². The number of aryl methyl sites for hydroxylation is 1. The number of nitrogens with one attached hydrogen (secondary N) is 1. The summed E-state index contributed by atoms with van der Waals surface area (Å²) >= 11 is 6.13. The van der Waals surface area contributed by atoms with E-state index >= 15 is 0 Å². The molecule has 0 bridgehead atoms. The summed E-state index contributed by atoms with van der Waals surface area (Å²) < 4.78 is 26.2. The van der Waals surface area contributed by atoms with Crippen molar-refractivity contribution >= 4 is 34.4 Å². The van der Waals surface area contributed by atoms with Crippen molar-refractivity contribution in [2.45, 2.75) is 6.92 Å². The first-order chi connectivity index (χ1) is 11.0. The number of rotatable bonds is 3. The second kappa shape index (κ2) is 6.30. The second-order valence-electron chi connectivity index (χ2n) is 5.09. The molecule has 23 heavy (non-hydrogen) atoms. The molecule has 3 aromatic rings. The highest BCUT2D eigenvalue weighted by molar-refractivity contribution is 6.32. The molecule has 1 aromatic heterocycles. The molecule has 1 N–H and O–H groups in total. The number of aromatic nitrogens is 1. The molecule has 0 aliphatic rings. The Morgan fingerprint density at radius 1 is 1.09 bits per heavy atom. The fraction of sp³-hybridized carbons (Fsp3) is 0.0588. The van der Waals surface area contributed by atoms with Crippen LogP contribution in [0.4, 0.5) is 14.5 Å². The standard InChI is InChI=1S/C17H12ClF2N3/c1-10-2-3-16-11(4-10)5-12(17(18)22-16)9-21-23-15-7-13(19)6-14(20)8-15/h2-9,23H,1H3/b21-9+. The van der Waals surface area contributed by atoms with Gasteiger partial charge in [0.2, 0.25) is 0 Å². The van der Waals surface area contributed by atoms with Crippen molar-refractivity contribution in [1.82, 2.24) is 4.98 Å². The number of hydrazone groups is 1. The quantitative estimate of drug-likeness (QED) is 0.420. The summed E-state index contributed by atoms with van der Waals surface area (Å²) in [6.07, 6.45) is 1.46. The summed E-state index contributed by atoms with van der Waals surface area (Å²) in [4.78, 5) is 4.30. The van der Waals surface area contributed by atoms with Gasteiger partial charge in [-0.05, 0) is 37.3 Å². The summed E-state index contributed by atoms with van der Waals surface area (Å²) in [5.41, 5.74) is 5.28. The number of halogens is 3. The van der Waals surface area contributed by atoms with Gasteiger partial charge < -0.3 is 0 Å². The molecule has 0 aliphatic carbocycles. The van der Waals surface area contributed by atoms with Crippen molar-refractivity contribution in [2.75, 3.05) is 5.43 Å². The predicted octanol–water partition coefficient (Wildman–Crippen LogP) is 4.92. The SMILES string of the molecule is Cc1ccc2nc(Cl)c(/C=N/Nc3cc(F)cc(F)c3)cc2c1. The van der Waals surface area contributed by atoms with E-state index < -0.39 is 11.6 Å². The topological polar surface area (TPSA) is 37.3 Å². The van der Waals surface area contributed by atoms with Gasteiger partial charge in [-0.1, -0.05) is 23.2 Å². The van der Waals surface area contributed by atoms with Gasteiger partial charge in [0.05, 0.1) is 17.4 Å². The Labute approximate surface area is 136 Å². The maximum Gasteiger partial charge on any atom is 0.138 e. The van der Waals surface area contributed by atoms with Gasteiger partial charge in [0.15, 0.2) is 0 Å². The number of hydrogen-bond donors (Lipinski definition) is 1. The van der Waals surface area contributed by atoms with Crippen LogP contribution in [0.2, 0.25) is 5.15 Å². The zero-order valence-electron chi connectivity index (χ0n) is 12.1. The van der Waals surface area contributed by atoms with Crippen molar-refractivity contribution in [3.63, 3.8) is 0 Å². The van der Waals surface area contributed by atoms with Crippen LogP contribution in [0.3, 0.4) is 0 Å². The Morgan fingerprint density at radius 2 is 1.83 bits per heavy atom. The molecule has 2 aromatic carbocycles. The molecule has 0 unspecified atom stereocenters. The lowest BCUT2D eigenvalue weighted by Gasteiger charge is -2.04.